The van der Waals surface area contributed by atoms with Gasteiger partial charge in [0.15, 0.2) is 0 Å². The van der Waals surface area contributed by atoms with Crippen molar-refractivity contribution in [2.75, 3.05) is 0 Å². The van der Waals surface area contributed by atoms with Crippen molar-refractivity contribution in [1.82, 2.24) is 0 Å². The van der Waals surface area contributed by atoms with E-state index in [2.05, 4.69) is 111 Å². The molecule has 4 aromatic rings. The molecule has 0 bridgehead atoms. The normalized spacial score (nSPS) is 17.9. The van der Waals surface area contributed by atoms with E-state index in [0.29, 0.717) is 0 Å². The molecule has 2 aliphatic carbocycles. The predicted molar refractivity (Wildman–Crippen MR) is 140 cm³/mol. The second-order valence-electron chi connectivity index (χ2n) is 10.5. The van der Waals surface area contributed by atoms with Gasteiger partial charge in [0, 0.05) is 10.8 Å². The molecule has 0 heterocycles. The first-order valence-electron chi connectivity index (χ1n) is 12.5. The summed E-state index contributed by atoms with van der Waals surface area (Å²) < 4.78 is 0. The first kappa shape index (κ1) is 20.5. The molecule has 0 aromatic heterocycles. The molecule has 0 spiro atoms. The second-order valence-corrected chi connectivity index (χ2v) is 10.5. The number of hydrogen-bond donors (Lipinski definition) is 0. The van der Waals surface area contributed by atoms with Gasteiger partial charge >= 0.3 is 0 Å². The van der Waals surface area contributed by atoms with Gasteiger partial charge in [0.25, 0.3) is 0 Å². The third kappa shape index (κ3) is 3.19. The Kier molecular flexibility index (Phi) is 4.80. The molecule has 0 amide bonds. The van der Waals surface area contributed by atoms with Crippen LogP contribution < -0.4 is 0 Å². The summed E-state index contributed by atoms with van der Waals surface area (Å²) in [6.07, 6.45) is 6.50. The zero-order chi connectivity index (χ0) is 22.5. The average molecular weight is 429 g/mol. The molecule has 0 heteroatoms. The lowest BCUT2D eigenvalue weighted by Gasteiger charge is -2.38. The van der Waals surface area contributed by atoms with E-state index in [1.807, 2.05) is 0 Å². The minimum atomic E-state index is 0.0430. The van der Waals surface area contributed by atoms with Crippen molar-refractivity contribution >= 4 is 0 Å². The van der Waals surface area contributed by atoms with Gasteiger partial charge in [-0.2, -0.15) is 0 Å². The summed E-state index contributed by atoms with van der Waals surface area (Å²) in [6.45, 7) is 4.72. The van der Waals surface area contributed by atoms with E-state index < -0.39 is 0 Å². The molecule has 0 saturated heterocycles. The Morgan fingerprint density at radius 1 is 0.515 bits per heavy atom. The van der Waals surface area contributed by atoms with Crippen LogP contribution in [0.5, 0.6) is 0 Å². The number of fused-ring (bicyclic) bond motifs is 3. The van der Waals surface area contributed by atoms with Crippen molar-refractivity contribution < 1.29 is 0 Å². The van der Waals surface area contributed by atoms with Crippen molar-refractivity contribution in [3.8, 4) is 22.3 Å². The molecular weight excluding hydrogens is 396 g/mol. The first-order valence-corrected chi connectivity index (χ1v) is 12.5. The fourth-order valence-electron chi connectivity index (χ4n) is 6.52. The highest BCUT2D eigenvalue weighted by Gasteiger charge is 2.36. The van der Waals surface area contributed by atoms with E-state index in [1.165, 1.54) is 76.6 Å². The Balaban J connectivity index is 1.39. The van der Waals surface area contributed by atoms with E-state index in [0.717, 1.165) is 0 Å². The van der Waals surface area contributed by atoms with E-state index in [1.54, 1.807) is 0 Å². The second kappa shape index (κ2) is 7.73. The zero-order valence-corrected chi connectivity index (χ0v) is 19.8. The highest BCUT2D eigenvalue weighted by atomic mass is 14.4. The van der Waals surface area contributed by atoms with E-state index in [4.69, 9.17) is 0 Å². The molecule has 0 nitrogen and oxygen atoms in total. The Bertz CT molecular complexity index is 1290. The smallest absolute Gasteiger partial charge is 0.0202 e. The van der Waals surface area contributed by atoms with Gasteiger partial charge in [0.1, 0.15) is 0 Å². The molecule has 0 unspecified atom stereocenters. The number of benzene rings is 4. The lowest BCUT2D eigenvalue weighted by molar-refractivity contribution is 0.346. The van der Waals surface area contributed by atoms with Crippen LogP contribution in [0.25, 0.3) is 22.3 Å². The molecule has 33 heavy (non-hydrogen) atoms. The van der Waals surface area contributed by atoms with Gasteiger partial charge in [-0.1, -0.05) is 124 Å². The van der Waals surface area contributed by atoms with E-state index in [-0.39, 0.29) is 10.8 Å². The van der Waals surface area contributed by atoms with Crippen LogP contribution in [0, 0.1) is 0 Å². The van der Waals surface area contributed by atoms with Crippen LogP contribution >= 0.6 is 0 Å². The van der Waals surface area contributed by atoms with Crippen LogP contribution in [0.4, 0.5) is 0 Å². The number of hydrogen-bond acceptors (Lipinski definition) is 0. The van der Waals surface area contributed by atoms with Gasteiger partial charge in [-0.3, -0.25) is 0 Å². The Hall–Kier alpha value is -3.12. The molecule has 4 aromatic carbocycles. The van der Waals surface area contributed by atoms with Gasteiger partial charge < -0.3 is 0 Å². The molecule has 1 saturated carbocycles. The van der Waals surface area contributed by atoms with Gasteiger partial charge in [-0.05, 0) is 63.4 Å². The molecule has 0 radical (unpaired) electrons. The van der Waals surface area contributed by atoms with Crippen LogP contribution in [0.2, 0.25) is 0 Å². The molecule has 0 atom stereocenters. The molecule has 2 aliphatic rings. The highest BCUT2D eigenvalue weighted by molar-refractivity contribution is 5.83. The van der Waals surface area contributed by atoms with Crippen molar-refractivity contribution in [2.24, 2.45) is 0 Å². The van der Waals surface area contributed by atoms with Gasteiger partial charge in [0.2, 0.25) is 0 Å². The minimum Gasteiger partial charge on any atom is -0.0622 e. The van der Waals surface area contributed by atoms with Crippen molar-refractivity contribution in [3.63, 3.8) is 0 Å². The summed E-state index contributed by atoms with van der Waals surface area (Å²) >= 11 is 0. The molecule has 164 valence electrons. The largest absolute Gasteiger partial charge is 0.0622 e. The quantitative estimate of drug-likeness (QED) is 0.305. The summed E-state index contributed by atoms with van der Waals surface area (Å²) in [5.41, 5.74) is 11.5. The summed E-state index contributed by atoms with van der Waals surface area (Å²) in [6, 6.07) is 36.7. The van der Waals surface area contributed by atoms with Gasteiger partial charge in [-0.15, -0.1) is 0 Å². The molecular formula is C33H32. The first-order chi connectivity index (χ1) is 16.1. The predicted octanol–water partition coefficient (Wildman–Crippen LogP) is 8.91. The van der Waals surface area contributed by atoms with Crippen molar-refractivity contribution in [1.29, 1.82) is 0 Å². The molecule has 0 aliphatic heterocycles. The average Bonchev–Trinajstić information content (AvgIpc) is 3.12. The third-order valence-electron chi connectivity index (χ3n) is 8.39. The van der Waals surface area contributed by atoms with E-state index in [9.17, 15) is 0 Å². The lowest BCUT2D eigenvalue weighted by Crippen LogP contribution is -2.30. The van der Waals surface area contributed by atoms with Crippen molar-refractivity contribution in [2.45, 2.75) is 56.8 Å². The third-order valence-corrected chi connectivity index (χ3v) is 8.39. The van der Waals surface area contributed by atoms with E-state index >= 15 is 0 Å². The topological polar surface area (TPSA) is 0 Å². The zero-order valence-electron chi connectivity index (χ0n) is 19.8. The monoisotopic (exact) mass is 428 g/mol. The summed E-state index contributed by atoms with van der Waals surface area (Å²) in [7, 11) is 0. The maximum absolute atomic E-state index is 2.43. The fourth-order valence-corrected chi connectivity index (χ4v) is 6.52. The maximum atomic E-state index is 2.43. The summed E-state index contributed by atoms with van der Waals surface area (Å²) in [5, 5.41) is 0. The van der Waals surface area contributed by atoms with Crippen LogP contribution in [0.3, 0.4) is 0 Å². The maximum Gasteiger partial charge on any atom is 0.0202 e. The van der Waals surface area contributed by atoms with Gasteiger partial charge in [-0.25, -0.2) is 0 Å². The molecule has 0 N–H and O–H groups in total. The van der Waals surface area contributed by atoms with Crippen LogP contribution in [-0.4, -0.2) is 0 Å². The minimum absolute atomic E-state index is 0.0430. The summed E-state index contributed by atoms with van der Waals surface area (Å²) in [4.78, 5) is 0. The Morgan fingerprint density at radius 2 is 1.12 bits per heavy atom. The number of rotatable bonds is 3. The Morgan fingerprint density at radius 3 is 1.88 bits per heavy atom. The SMILES string of the molecule is CC1(C)c2ccccc2-c2ccc(-c3ccc(C4(c5ccccc5)CCCCC4)cc3)cc21. The lowest BCUT2D eigenvalue weighted by atomic mass is 9.65. The van der Waals surface area contributed by atoms with Crippen LogP contribution in [0.15, 0.2) is 97.1 Å². The Labute approximate surface area is 198 Å². The fraction of sp³-hybridized carbons (Fsp3) is 0.273. The van der Waals surface area contributed by atoms with Crippen molar-refractivity contribution in [3.05, 3.63) is 119 Å². The highest BCUT2D eigenvalue weighted by Crippen LogP contribution is 2.50. The standard InChI is InChI=1S/C33H32/c1-32(2)30-14-8-7-13-28(30)29-20-17-25(23-31(29)32)24-15-18-27(19-16-24)33(21-9-4-10-22-33)26-11-5-3-6-12-26/h3,5-8,11-20,23H,4,9-10,21-22H2,1-2H3. The van der Waals surface area contributed by atoms with Gasteiger partial charge in [0.05, 0.1) is 0 Å². The summed E-state index contributed by atoms with van der Waals surface area (Å²) in [5.74, 6) is 0. The molecule has 6 rings (SSSR count). The van der Waals surface area contributed by atoms with Crippen LogP contribution in [-0.2, 0) is 10.8 Å². The molecule has 1 fully saturated rings. The van der Waals surface area contributed by atoms with Crippen LogP contribution in [0.1, 0.15) is 68.2 Å².